The molecule has 0 radical (unpaired) electrons. The Labute approximate surface area is 150 Å². The van der Waals surface area contributed by atoms with Gasteiger partial charge in [0.25, 0.3) is 5.91 Å². The SMILES string of the molecule is N=C(N)Nc1cccc(C(=O)Nc2cccc3ccc(C(=N)N)cc23)c1. The average molecular weight is 346 g/mol. The molecule has 0 heterocycles. The maximum atomic E-state index is 12.6. The van der Waals surface area contributed by atoms with E-state index in [1.54, 1.807) is 42.5 Å². The minimum atomic E-state index is -0.294. The van der Waals surface area contributed by atoms with Crippen molar-refractivity contribution in [2.45, 2.75) is 0 Å². The van der Waals surface area contributed by atoms with Crippen LogP contribution in [0.2, 0.25) is 0 Å². The molecule has 3 rings (SSSR count). The molecule has 7 nitrogen and oxygen atoms in total. The molecule has 3 aromatic rings. The number of hydrogen-bond acceptors (Lipinski definition) is 3. The van der Waals surface area contributed by atoms with Gasteiger partial charge in [0.15, 0.2) is 5.96 Å². The van der Waals surface area contributed by atoms with Crippen molar-refractivity contribution >= 4 is 39.8 Å². The molecule has 0 bridgehead atoms. The van der Waals surface area contributed by atoms with E-state index in [1.807, 2.05) is 18.2 Å². The van der Waals surface area contributed by atoms with Crippen LogP contribution in [0.15, 0.2) is 60.7 Å². The van der Waals surface area contributed by atoms with Gasteiger partial charge in [-0.1, -0.05) is 30.3 Å². The van der Waals surface area contributed by atoms with Crippen LogP contribution in [-0.4, -0.2) is 17.7 Å². The Kier molecular flexibility index (Phi) is 4.53. The van der Waals surface area contributed by atoms with Crippen molar-refractivity contribution in [1.29, 1.82) is 10.8 Å². The summed E-state index contributed by atoms with van der Waals surface area (Å²) >= 11 is 0. The monoisotopic (exact) mass is 346 g/mol. The van der Waals surface area contributed by atoms with E-state index in [0.717, 1.165) is 10.8 Å². The molecule has 0 aliphatic carbocycles. The number of carbonyl (C=O) groups is 1. The third kappa shape index (κ3) is 3.62. The number of nitrogens with one attached hydrogen (secondary N) is 4. The van der Waals surface area contributed by atoms with Gasteiger partial charge in [0, 0.05) is 27.9 Å². The van der Waals surface area contributed by atoms with Crippen molar-refractivity contribution in [3.8, 4) is 0 Å². The van der Waals surface area contributed by atoms with Crippen molar-refractivity contribution in [2.24, 2.45) is 11.5 Å². The van der Waals surface area contributed by atoms with Crippen LogP contribution >= 0.6 is 0 Å². The Morgan fingerprint density at radius 2 is 1.62 bits per heavy atom. The van der Waals surface area contributed by atoms with Crippen molar-refractivity contribution in [3.63, 3.8) is 0 Å². The lowest BCUT2D eigenvalue weighted by Crippen LogP contribution is -2.21. The molecule has 8 N–H and O–H groups in total. The highest BCUT2D eigenvalue weighted by Crippen LogP contribution is 2.25. The predicted molar refractivity (Wildman–Crippen MR) is 105 cm³/mol. The maximum absolute atomic E-state index is 12.6. The van der Waals surface area contributed by atoms with Crippen LogP contribution in [0.1, 0.15) is 15.9 Å². The largest absolute Gasteiger partial charge is 0.384 e. The van der Waals surface area contributed by atoms with Crippen LogP contribution < -0.4 is 22.1 Å². The number of amides is 1. The van der Waals surface area contributed by atoms with Gasteiger partial charge < -0.3 is 22.1 Å². The first kappa shape index (κ1) is 17.0. The van der Waals surface area contributed by atoms with E-state index in [-0.39, 0.29) is 17.7 Å². The number of rotatable bonds is 4. The van der Waals surface area contributed by atoms with E-state index in [0.29, 0.717) is 22.5 Å². The standard InChI is InChI=1S/C19H18N6O/c20-17(21)12-8-7-11-3-2-6-16(15(11)10-12)25-18(26)13-4-1-5-14(9-13)24-19(22)23/h1-10H,(H3,20,21)(H,25,26)(H4,22,23,24). The molecule has 26 heavy (non-hydrogen) atoms. The molecule has 0 fully saturated rings. The fourth-order valence-corrected chi connectivity index (χ4v) is 2.64. The number of carbonyl (C=O) groups excluding carboxylic acids is 1. The highest BCUT2D eigenvalue weighted by atomic mass is 16.1. The van der Waals surface area contributed by atoms with Gasteiger partial charge in [0.1, 0.15) is 5.84 Å². The molecule has 0 aromatic heterocycles. The zero-order valence-corrected chi connectivity index (χ0v) is 13.8. The zero-order chi connectivity index (χ0) is 18.7. The van der Waals surface area contributed by atoms with Gasteiger partial charge >= 0.3 is 0 Å². The second-order valence-electron chi connectivity index (χ2n) is 5.73. The number of nitrogens with two attached hydrogens (primary N) is 2. The van der Waals surface area contributed by atoms with Crippen molar-refractivity contribution < 1.29 is 4.79 Å². The normalized spacial score (nSPS) is 10.3. The number of benzene rings is 3. The minimum Gasteiger partial charge on any atom is -0.384 e. The van der Waals surface area contributed by atoms with Crippen LogP contribution in [0.4, 0.5) is 11.4 Å². The van der Waals surface area contributed by atoms with E-state index in [9.17, 15) is 4.79 Å². The molecule has 0 atom stereocenters. The number of anilines is 2. The third-order valence-electron chi connectivity index (χ3n) is 3.85. The summed E-state index contributed by atoms with van der Waals surface area (Å²) in [4.78, 5) is 12.6. The number of hydrogen-bond donors (Lipinski definition) is 6. The smallest absolute Gasteiger partial charge is 0.255 e. The molecule has 0 aliphatic heterocycles. The van der Waals surface area contributed by atoms with Crippen LogP contribution in [0.5, 0.6) is 0 Å². The number of guanidine groups is 1. The van der Waals surface area contributed by atoms with Gasteiger partial charge in [-0.15, -0.1) is 0 Å². The minimum absolute atomic E-state index is 0.0314. The molecular weight excluding hydrogens is 328 g/mol. The second-order valence-corrected chi connectivity index (χ2v) is 5.73. The maximum Gasteiger partial charge on any atom is 0.255 e. The van der Waals surface area contributed by atoms with Crippen molar-refractivity contribution in [2.75, 3.05) is 10.6 Å². The molecular formula is C19H18N6O. The van der Waals surface area contributed by atoms with E-state index in [1.165, 1.54) is 0 Å². The van der Waals surface area contributed by atoms with Gasteiger partial charge in [0.2, 0.25) is 0 Å². The van der Waals surface area contributed by atoms with Gasteiger partial charge in [-0.3, -0.25) is 15.6 Å². The molecule has 7 heteroatoms. The fourth-order valence-electron chi connectivity index (χ4n) is 2.64. The summed E-state index contributed by atoms with van der Waals surface area (Å²) in [5.74, 6) is -0.526. The molecule has 0 spiro atoms. The van der Waals surface area contributed by atoms with Gasteiger partial charge in [-0.05, 0) is 35.7 Å². The molecule has 0 saturated carbocycles. The van der Waals surface area contributed by atoms with E-state index in [4.69, 9.17) is 22.3 Å². The number of nitrogen functional groups attached to an aromatic ring is 1. The third-order valence-corrected chi connectivity index (χ3v) is 3.85. The van der Waals surface area contributed by atoms with Crippen LogP contribution in [-0.2, 0) is 0 Å². The summed E-state index contributed by atoms with van der Waals surface area (Å²) in [6.45, 7) is 0. The van der Waals surface area contributed by atoms with E-state index < -0.39 is 0 Å². The summed E-state index contributed by atoms with van der Waals surface area (Å²) < 4.78 is 0. The average Bonchev–Trinajstić information content (AvgIpc) is 2.61. The van der Waals surface area contributed by atoms with Crippen LogP contribution in [0.3, 0.4) is 0 Å². The quantitative estimate of drug-likeness (QED) is 0.319. The van der Waals surface area contributed by atoms with Crippen molar-refractivity contribution in [1.82, 2.24) is 0 Å². The predicted octanol–water partition coefficient (Wildman–Crippen LogP) is 2.68. The lowest BCUT2D eigenvalue weighted by atomic mass is 10.0. The molecule has 130 valence electrons. The van der Waals surface area contributed by atoms with Crippen molar-refractivity contribution in [3.05, 3.63) is 71.8 Å². The van der Waals surface area contributed by atoms with Crippen LogP contribution in [0.25, 0.3) is 10.8 Å². The molecule has 0 aliphatic rings. The van der Waals surface area contributed by atoms with Gasteiger partial charge in [-0.2, -0.15) is 0 Å². The van der Waals surface area contributed by atoms with Crippen LogP contribution in [0, 0.1) is 10.8 Å². The topological polar surface area (TPSA) is 141 Å². The summed E-state index contributed by atoms with van der Waals surface area (Å²) in [5.41, 5.74) is 13.1. The molecule has 0 saturated heterocycles. The first-order valence-corrected chi connectivity index (χ1v) is 7.83. The summed E-state index contributed by atoms with van der Waals surface area (Å²) in [6, 6.07) is 17.7. The lowest BCUT2D eigenvalue weighted by Gasteiger charge is -2.11. The Balaban J connectivity index is 1.93. The molecule has 1 amide bonds. The van der Waals surface area contributed by atoms with Gasteiger partial charge in [0.05, 0.1) is 0 Å². The Morgan fingerprint density at radius 1 is 0.846 bits per heavy atom. The van der Waals surface area contributed by atoms with Gasteiger partial charge in [-0.25, -0.2) is 0 Å². The second kappa shape index (κ2) is 6.94. The highest BCUT2D eigenvalue weighted by molar-refractivity contribution is 6.11. The summed E-state index contributed by atoms with van der Waals surface area (Å²) in [5, 5.41) is 22.1. The van der Waals surface area contributed by atoms with E-state index in [2.05, 4.69) is 10.6 Å². The summed E-state index contributed by atoms with van der Waals surface area (Å²) in [6.07, 6.45) is 0. The Bertz CT molecular complexity index is 1030. The number of amidine groups is 1. The first-order chi connectivity index (χ1) is 12.4. The molecule has 3 aromatic carbocycles. The zero-order valence-electron chi connectivity index (χ0n) is 13.8. The lowest BCUT2D eigenvalue weighted by molar-refractivity contribution is 0.102. The molecule has 0 unspecified atom stereocenters. The highest BCUT2D eigenvalue weighted by Gasteiger charge is 2.10. The Hall–Kier alpha value is -3.87. The number of fused-ring (bicyclic) bond motifs is 1. The Morgan fingerprint density at radius 3 is 2.35 bits per heavy atom. The fraction of sp³-hybridized carbons (Fsp3) is 0. The summed E-state index contributed by atoms with van der Waals surface area (Å²) in [7, 11) is 0. The first-order valence-electron chi connectivity index (χ1n) is 7.83. The van der Waals surface area contributed by atoms with E-state index >= 15 is 0 Å².